The molecule has 0 saturated heterocycles. The first-order chi connectivity index (χ1) is 14.3. The van der Waals surface area contributed by atoms with Crippen LogP contribution in [-0.4, -0.2) is 29.3 Å². The summed E-state index contributed by atoms with van der Waals surface area (Å²) in [4.78, 5) is 12.5. The van der Waals surface area contributed by atoms with E-state index >= 15 is 0 Å². The molecule has 31 heavy (non-hydrogen) atoms. The fraction of sp³-hybridized carbons (Fsp3) is 0.211. The van der Waals surface area contributed by atoms with Crippen LogP contribution in [0.25, 0.3) is 5.69 Å². The second kappa shape index (κ2) is 7.97. The molecule has 1 aromatic heterocycles. The quantitative estimate of drug-likeness (QED) is 0.619. The van der Waals surface area contributed by atoms with Crippen LogP contribution < -0.4 is 4.72 Å². The van der Waals surface area contributed by atoms with E-state index in [0.29, 0.717) is 11.1 Å². The number of amides is 1. The number of sulfonamides is 1. The highest BCUT2D eigenvalue weighted by molar-refractivity contribution is 7.90. The number of rotatable bonds is 4. The average Bonchev–Trinajstić information content (AvgIpc) is 3.04. The van der Waals surface area contributed by atoms with E-state index in [1.807, 2.05) is 4.72 Å². The van der Waals surface area contributed by atoms with Crippen LogP contribution in [0, 0.1) is 20.8 Å². The fourth-order valence-electron chi connectivity index (χ4n) is 2.84. The lowest BCUT2D eigenvalue weighted by atomic mass is 10.2. The molecule has 1 heterocycles. The maximum Gasteiger partial charge on any atom is 0.416 e. The molecule has 0 aliphatic rings. The summed E-state index contributed by atoms with van der Waals surface area (Å²) in [5.74, 6) is -1.03. The Labute approximate surface area is 180 Å². The minimum atomic E-state index is -4.58. The molecule has 2 aromatic carbocycles. The Bertz CT molecular complexity index is 1290. The molecule has 0 aliphatic heterocycles. The van der Waals surface area contributed by atoms with E-state index in [-0.39, 0.29) is 27.0 Å². The molecular formula is C19H16ClF3N4O3S. The van der Waals surface area contributed by atoms with Crippen molar-refractivity contribution in [3.8, 4) is 5.69 Å². The minimum Gasteiger partial charge on any atom is -0.266 e. The van der Waals surface area contributed by atoms with Gasteiger partial charge < -0.3 is 0 Å². The second-order valence-corrected chi connectivity index (χ2v) is 8.86. The van der Waals surface area contributed by atoms with Gasteiger partial charge in [0.05, 0.1) is 26.9 Å². The number of hydrogen-bond acceptors (Lipinski definition) is 5. The molecule has 0 unspecified atom stereocenters. The zero-order chi connectivity index (χ0) is 23.1. The molecule has 0 atom stereocenters. The topological polar surface area (TPSA) is 93.9 Å². The lowest BCUT2D eigenvalue weighted by molar-refractivity contribution is -0.137. The number of alkyl halides is 3. The van der Waals surface area contributed by atoms with Crippen LogP contribution in [0.3, 0.4) is 0 Å². The van der Waals surface area contributed by atoms with Crippen molar-refractivity contribution < 1.29 is 26.4 Å². The summed E-state index contributed by atoms with van der Waals surface area (Å²) in [5, 5.41) is 7.15. The van der Waals surface area contributed by atoms with Crippen LogP contribution in [0.2, 0.25) is 5.02 Å². The van der Waals surface area contributed by atoms with Gasteiger partial charge in [0.1, 0.15) is 0 Å². The number of aromatic nitrogens is 3. The number of hydrogen-bond donors (Lipinski definition) is 1. The molecule has 3 aromatic rings. The Morgan fingerprint density at radius 3 is 2.39 bits per heavy atom. The van der Waals surface area contributed by atoms with Gasteiger partial charge in [-0.15, -0.1) is 5.10 Å². The number of nitrogens with zero attached hydrogens (tertiary/aromatic N) is 3. The van der Waals surface area contributed by atoms with E-state index in [1.165, 1.54) is 13.0 Å². The van der Waals surface area contributed by atoms with E-state index < -0.39 is 27.7 Å². The minimum absolute atomic E-state index is 0.0519. The van der Waals surface area contributed by atoms with Crippen LogP contribution in [0.1, 0.15) is 32.9 Å². The standard InChI is InChI=1S/C19H16ClF3N4O3S/c1-10-4-5-11(2)16(8-10)31(29,30)25-18(28)17-12(3)27(26-24-17)15-7-6-13(9-14(15)20)19(21,22)23/h4-9H,1-3H3,(H,25,28). The van der Waals surface area contributed by atoms with E-state index in [4.69, 9.17) is 11.6 Å². The molecule has 1 amide bonds. The van der Waals surface area contributed by atoms with Crippen molar-refractivity contribution in [1.29, 1.82) is 0 Å². The summed E-state index contributed by atoms with van der Waals surface area (Å²) in [7, 11) is -4.19. The van der Waals surface area contributed by atoms with Gasteiger partial charge >= 0.3 is 6.18 Å². The van der Waals surface area contributed by atoms with Gasteiger partial charge in [0.25, 0.3) is 15.9 Å². The number of carbonyl (C=O) groups is 1. The third-order valence-electron chi connectivity index (χ3n) is 4.47. The maximum absolute atomic E-state index is 12.8. The first kappa shape index (κ1) is 22.8. The van der Waals surface area contributed by atoms with Crippen molar-refractivity contribution >= 4 is 27.5 Å². The second-order valence-electron chi connectivity index (χ2n) is 6.80. The number of benzene rings is 2. The molecule has 0 aliphatic carbocycles. The Hall–Kier alpha value is -2.92. The van der Waals surface area contributed by atoms with Gasteiger partial charge in [-0.1, -0.05) is 28.9 Å². The number of nitrogens with one attached hydrogen (secondary N) is 1. The van der Waals surface area contributed by atoms with Gasteiger partial charge in [-0.05, 0) is 56.2 Å². The van der Waals surface area contributed by atoms with E-state index in [9.17, 15) is 26.4 Å². The number of carbonyl (C=O) groups excluding carboxylic acids is 1. The molecule has 0 saturated carbocycles. The van der Waals surface area contributed by atoms with Gasteiger partial charge in [0, 0.05) is 0 Å². The van der Waals surface area contributed by atoms with Crippen LogP contribution in [0.15, 0.2) is 41.3 Å². The van der Waals surface area contributed by atoms with E-state index in [2.05, 4.69) is 10.3 Å². The summed E-state index contributed by atoms with van der Waals surface area (Å²) in [5.41, 5.74) is 0.0215. The molecule has 0 bridgehead atoms. The Morgan fingerprint density at radius 1 is 1.10 bits per heavy atom. The first-order valence-corrected chi connectivity index (χ1v) is 10.6. The van der Waals surface area contributed by atoms with Gasteiger partial charge in [0.15, 0.2) is 5.69 Å². The molecule has 0 fully saturated rings. The highest BCUT2D eigenvalue weighted by atomic mass is 35.5. The van der Waals surface area contributed by atoms with Gasteiger partial charge in [-0.3, -0.25) is 4.79 Å². The van der Waals surface area contributed by atoms with Gasteiger partial charge in [-0.25, -0.2) is 17.8 Å². The zero-order valence-corrected chi connectivity index (χ0v) is 18.0. The highest BCUT2D eigenvalue weighted by Gasteiger charge is 2.31. The molecule has 0 spiro atoms. The third-order valence-corrected chi connectivity index (χ3v) is 6.25. The van der Waals surface area contributed by atoms with Crippen molar-refractivity contribution in [1.82, 2.24) is 19.7 Å². The average molecular weight is 473 g/mol. The summed E-state index contributed by atoms with van der Waals surface area (Å²) >= 11 is 5.96. The van der Waals surface area contributed by atoms with Crippen LogP contribution in [-0.2, 0) is 16.2 Å². The summed E-state index contributed by atoms with van der Waals surface area (Å²) in [6, 6.07) is 7.40. The molecule has 7 nitrogen and oxygen atoms in total. The SMILES string of the molecule is Cc1ccc(C)c(S(=O)(=O)NC(=O)c2nnn(-c3ccc(C(F)(F)F)cc3Cl)c2C)c1. The number of halogens is 4. The smallest absolute Gasteiger partial charge is 0.266 e. The Morgan fingerprint density at radius 2 is 1.77 bits per heavy atom. The largest absolute Gasteiger partial charge is 0.416 e. The molecule has 0 radical (unpaired) electrons. The van der Waals surface area contributed by atoms with E-state index in [1.54, 1.807) is 26.0 Å². The van der Waals surface area contributed by atoms with Crippen molar-refractivity contribution in [2.75, 3.05) is 0 Å². The normalized spacial score (nSPS) is 12.1. The van der Waals surface area contributed by atoms with Crippen molar-refractivity contribution in [3.63, 3.8) is 0 Å². The third kappa shape index (κ3) is 4.57. The molecule has 3 rings (SSSR count). The van der Waals surface area contributed by atoms with Crippen LogP contribution in [0.4, 0.5) is 13.2 Å². The summed E-state index contributed by atoms with van der Waals surface area (Å²) < 4.78 is 66.8. The van der Waals surface area contributed by atoms with Crippen molar-refractivity contribution in [2.24, 2.45) is 0 Å². The summed E-state index contributed by atoms with van der Waals surface area (Å²) in [6.07, 6.45) is -4.58. The van der Waals surface area contributed by atoms with Gasteiger partial charge in [0.2, 0.25) is 0 Å². The van der Waals surface area contributed by atoms with Gasteiger partial charge in [-0.2, -0.15) is 13.2 Å². The number of aryl methyl sites for hydroxylation is 2. The monoisotopic (exact) mass is 472 g/mol. The van der Waals surface area contributed by atoms with Crippen molar-refractivity contribution in [2.45, 2.75) is 31.8 Å². The highest BCUT2D eigenvalue weighted by Crippen LogP contribution is 2.33. The predicted molar refractivity (Wildman–Crippen MR) is 107 cm³/mol. The van der Waals surface area contributed by atoms with Crippen LogP contribution >= 0.6 is 11.6 Å². The first-order valence-electron chi connectivity index (χ1n) is 8.75. The Balaban J connectivity index is 1.93. The Kier molecular flexibility index (Phi) is 5.85. The molecule has 1 N–H and O–H groups in total. The van der Waals surface area contributed by atoms with Crippen LogP contribution in [0.5, 0.6) is 0 Å². The predicted octanol–water partition coefficient (Wildman–Crippen LogP) is 3.98. The molecular weight excluding hydrogens is 457 g/mol. The molecule has 12 heteroatoms. The molecule has 164 valence electrons. The summed E-state index contributed by atoms with van der Waals surface area (Å²) in [6.45, 7) is 4.71. The fourth-order valence-corrected chi connectivity index (χ4v) is 4.39. The van der Waals surface area contributed by atoms with Crippen molar-refractivity contribution in [3.05, 3.63) is 69.5 Å². The van der Waals surface area contributed by atoms with E-state index in [0.717, 1.165) is 22.9 Å². The lowest BCUT2D eigenvalue weighted by Crippen LogP contribution is -2.32. The maximum atomic E-state index is 12.8. The zero-order valence-electron chi connectivity index (χ0n) is 16.5. The lowest BCUT2D eigenvalue weighted by Gasteiger charge is -2.11.